The SMILES string of the molecule is BP(B)O[C@@H](C=O)C(O[Si](C)(C)C(C)(C)C)[C@H](CC)OCc1ccccc1. The molecule has 0 aromatic heterocycles. The van der Waals surface area contributed by atoms with Crippen LogP contribution in [0.4, 0.5) is 0 Å². The van der Waals surface area contributed by atoms with Crippen molar-refractivity contribution in [2.45, 2.75) is 77.2 Å². The molecule has 3 atom stereocenters. The van der Waals surface area contributed by atoms with Crippen molar-refractivity contribution in [2.24, 2.45) is 0 Å². The van der Waals surface area contributed by atoms with E-state index in [2.05, 4.69) is 40.8 Å². The predicted octanol–water partition coefficient (Wildman–Crippen LogP) is 3.45. The van der Waals surface area contributed by atoms with Crippen molar-refractivity contribution < 1.29 is 18.5 Å². The topological polar surface area (TPSA) is 44.8 Å². The summed E-state index contributed by atoms with van der Waals surface area (Å²) < 4.78 is 18.9. The monoisotopic (exact) mass is 408 g/mol. The summed E-state index contributed by atoms with van der Waals surface area (Å²) in [6.07, 6.45) is 0.423. The molecule has 0 fully saturated rings. The lowest BCUT2D eigenvalue weighted by molar-refractivity contribution is -0.125. The second-order valence-corrected chi connectivity index (χ2v) is 15.2. The molecule has 0 N–H and O–H groups in total. The predicted molar refractivity (Wildman–Crippen MR) is 122 cm³/mol. The Kier molecular flexibility index (Phi) is 9.94. The van der Waals surface area contributed by atoms with E-state index in [9.17, 15) is 4.79 Å². The minimum atomic E-state index is -2.10. The average Bonchev–Trinajstić information content (AvgIpc) is 2.58. The number of benzene rings is 1. The molecule has 0 saturated carbocycles. The van der Waals surface area contributed by atoms with Crippen molar-refractivity contribution in [1.82, 2.24) is 0 Å². The summed E-state index contributed by atoms with van der Waals surface area (Å²) in [6, 6.07) is 10.1. The van der Waals surface area contributed by atoms with Crippen LogP contribution in [0.1, 0.15) is 39.7 Å². The Morgan fingerprint density at radius 3 is 2.22 bits per heavy atom. The van der Waals surface area contributed by atoms with Crippen molar-refractivity contribution in [1.29, 1.82) is 0 Å². The molecule has 1 unspecified atom stereocenters. The lowest BCUT2D eigenvalue weighted by Gasteiger charge is -2.43. The van der Waals surface area contributed by atoms with E-state index < -0.39 is 28.4 Å². The summed E-state index contributed by atoms with van der Waals surface area (Å²) in [7, 11) is 1.22. The Bertz CT molecular complexity index is 567. The first-order chi connectivity index (χ1) is 12.5. The maximum Gasteiger partial charge on any atom is 0.192 e. The third-order valence-corrected chi connectivity index (χ3v) is 10.2. The third-order valence-electron chi connectivity index (χ3n) is 5.10. The van der Waals surface area contributed by atoms with Crippen LogP contribution in [0, 0.1) is 0 Å². The van der Waals surface area contributed by atoms with Gasteiger partial charge < -0.3 is 18.5 Å². The largest absolute Gasteiger partial charge is 0.408 e. The number of hydrogen-bond donors (Lipinski definition) is 0. The fourth-order valence-corrected chi connectivity index (χ4v) is 4.48. The zero-order valence-corrected chi connectivity index (χ0v) is 20.1. The smallest absolute Gasteiger partial charge is 0.192 e. The van der Waals surface area contributed by atoms with Crippen LogP contribution in [0.3, 0.4) is 0 Å². The fourth-order valence-electron chi connectivity index (χ4n) is 2.50. The van der Waals surface area contributed by atoms with Gasteiger partial charge in [0.15, 0.2) is 29.7 Å². The molecule has 0 amide bonds. The maximum absolute atomic E-state index is 11.9. The number of carbonyl (C=O) groups excluding carboxylic acids is 1. The molecule has 27 heavy (non-hydrogen) atoms. The van der Waals surface area contributed by atoms with E-state index in [1.807, 2.05) is 45.5 Å². The van der Waals surface area contributed by atoms with Gasteiger partial charge in [0.25, 0.3) is 0 Å². The molecule has 0 saturated heterocycles. The molecule has 0 heterocycles. The Balaban J connectivity index is 3.06. The Morgan fingerprint density at radius 2 is 1.78 bits per heavy atom. The van der Waals surface area contributed by atoms with Crippen molar-refractivity contribution in [2.75, 3.05) is 0 Å². The van der Waals surface area contributed by atoms with Crippen LogP contribution in [0.2, 0.25) is 18.1 Å². The Hall–Kier alpha value is -0.453. The van der Waals surface area contributed by atoms with Gasteiger partial charge in [-0.3, -0.25) is 0 Å². The van der Waals surface area contributed by atoms with Crippen LogP contribution < -0.4 is 0 Å². The molecule has 1 aromatic carbocycles. The number of rotatable bonds is 11. The molecule has 1 rings (SSSR count). The summed E-state index contributed by atoms with van der Waals surface area (Å²) in [5.41, 5.74) is 1.11. The maximum atomic E-state index is 11.9. The van der Waals surface area contributed by atoms with Crippen molar-refractivity contribution in [3.05, 3.63) is 35.9 Å². The first-order valence-corrected chi connectivity index (χ1v) is 14.7. The van der Waals surface area contributed by atoms with Gasteiger partial charge in [-0.1, -0.05) is 65.9 Å². The molecule has 1 aromatic rings. The van der Waals surface area contributed by atoms with Gasteiger partial charge in [-0.05, 0) is 30.1 Å². The van der Waals surface area contributed by atoms with Crippen LogP contribution in [0.5, 0.6) is 0 Å². The van der Waals surface area contributed by atoms with Gasteiger partial charge in [0.05, 0.1) is 12.7 Å². The van der Waals surface area contributed by atoms with Crippen molar-refractivity contribution >= 4 is 37.6 Å². The molecular weight excluding hydrogens is 373 g/mol. The highest BCUT2D eigenvalue weighted by Crippen LogP contribution is 2.39. The van der Waals surface area contributed by atoms with Gasteiger partial charge in [0.1, 0.15) is 12.2 Å². The molecule has 0 radical (unpaired) electrons. The molecule has 0 aliphatic heterocycles. The van der Waals surface area contributed by atoms with Gasteiger partial charge in [-0.15, -0.1) is 0 Å². The number of hydrogen-bond acceptors (Lipinski definition) is 4. The number of aldehydes is 1. The van der Waals surface area contributed by atoms with Crippen LogP contribution >= 0.6 is 7.91 Å². The van der Waals surface area contributed by atoms with Gasteiger partial charge in [0.2, 0.25) is 0 Å². The molecule has 150 valence electrons. The lowest BCUT2D eigenvalue weighted by Crippen LogP contribution is -2.52. The van der Waals surface area contributed by atoms with E-state index in [4.69, 9.17) is 13.7 Å². The molecule has 0 aliphatic rings. The van der Waals surface area contributed by atoms with E-state index in [1.54, 1.807) is 0 Å². The van der Waals surface area contributed by atoms with Crippen molar-refractivity contribution in [3.63, 3.8) is 0 Å². The third kappa shape index (κ3) is 7.82. The summed E-state index contributed by atoms with van der Waals surface area (Å²) in [4.78, 5) is 11.9. The number of carbonyl (C=O) groups is 1. The van der Waals surface area contributed by atoms with Crippen LogP contribution in [-0.2, 0) is 25.1 Å². The normalized spacial score (nSPS) is 16.1. The highest BCUT2D eigenvalue weighted by Gasteiger charge is 2.43. The Labute approximate surface area is 169 Å². The van der Waals surface area contributed by atoms with E-state index in [-0.39, 0.29) is 11.1 Å². The van der Waals surface area contributed by atoms with E-state index in [1.165, 1.54) is 0 Å². The summed E-state index contributed by atoms with van der Waals surface area (Å²) in [5.74, 6) is 0. The van der Waals surface area contributed by atoms with Crippen LogP contribution in [-0.4, -0.2) is 48.0 Å². The van der Waals surface area contributed by atoms with Crippen LogP contribution in [0.25, 0.3) is 0 Å². The standard InChI is InChI=1S/C19H35B2O4PSi/c1-7-16(23-14-15-11-9-8-10-12-15)18(17(13-22)24-26(20)21)25-27(5,6)19(2,3)4/h8-13,16-18H,7,14,20-21H2,1-6H3/t16-,17-,18?/m0/s1. The molecule has 8 heteroatoms. The van der Waals surface area contributed by atoms with E-state index >= 15 is 0 Å². The second-order valence-electron chi connectivity index (χ2n) is 8.60. The zero-order chi connectivity index (χ0) is 20.7. The van der Waals surface area contributed by atoms with Gasteiger partial charge in [0, 0.05) is 0 Å². The quantitative estimate of drug-likeness (QED) is 0.320. The Morgan fingerprint density at radius 1 is 1.19 bits per heavy atom. The van der Waals surface area contributed by atoms with Gasteiger partial charge in [-0.25, -0.2) is 0 Å². The van der Waals surface area contributed by atoms with E-state index in [0.29, 0.717) is 6.61 Å². The first kappa shape index (κ1) is 24.6. The highest BCUT2D eigenvalue weighted by atomic mass is 31.1. The van der Waals surface area contributed by atoms with Crippen molar-refractivity contribution in [3.8, 4) is 0 Å². The summed E-state index contributed by atoms with van der Waals surface area (Å²) in [6.45, 7) is 13.6. The zero-order valence-electron chi connectivity index (χ0n) is 18.2. The molecular formula is C19H35B2O4PSi. The summed E-state index contributed by atoms with van der Waals surface area (Å²) in [5, 5.41) is 0.0412. The average molecular weight is 408 g/mol. The minimum Gasteiger partial charge on any atom is -0.408 e. The number of ether oxygens (including phenoxy) is 1. The molecule has 0 spiro atoms. The minimum absolute atomic E-state index is 0.0412. The van der Waals surface area contributed by atoms with Gasteiger partial charge >= 0.3 is 0 Å². The lowest BCUT2D eigenvalue weighted by atomic mass is 10.1. The fraction of sp³-hybridized carbons (Fsp3) is 0.632. The van der Waals surface area contributed by atoms with E-state index in [0.717, 1.165) is 18.3 Å². The molecule has 0 aliphatic carbocycles. The second kappa shape index (κ2) is 10.9. The highest BCUT2D eigenvalue weighted by molar-refractivity contribution is 7.97. The van der Waals surface area contributed by atoms with Gasteiger partial charge in [-0.2, -0.15) is 0 Å². The molecule has 4 nitrogen and oxygen atoms in total. The molecule has 0 bridgehead atoms. The summed E-state index contributed by atoms with van der Waals surface area (Å²) >= 11 is 0. The van der Waals surface area contributed by atoms with Crippen LogP contribution in [0.15, 0.2) is 30.3 Å². The first-order valence-electron chi connectivity index (χ1n) is 9.64.